The zero-order chi connectivity index (χ0) is 18.2. The summed E-state index contributed by atoms with van der Waals surface area (Å²) in [6.45, 7) is 0.328. The molecule has 0 aliphatic heterocycles. The third-order valence-electron chi connectivity index (χ3n) is 3.47. The topological polar surface area (TPSA) is 44.8 Å². The highest BCUT2D eigenvalue weighted by atomic mass is 79.9. The van der Waals surface area contributed by atoms with Gasteiger partial charge in [-0.1, -0.05) is 46.3 Å². The van der Waals surface area contributed by atoms with Crippen molar-refractivity contribution in [3.63, 3.8) is 0 Å². The molecule has 0 unspecified atom stereocenters. The van der Waals surface area contributed by atoms with Crippen molar-refractivity contribution in [1.29, 1.82) is 0 Å². The number of hydrogen-bond donors (Lipinski definition) is 0. The van der Waals surface area contributed by atoms with E-state index in [0.717, 1.165) is 10.0 Å². The highest BCUT2D eigenvalue weighted by Gasteiger charge is 2.07. The first-order valence-corrected chi connectivity index (χ1v) is 8.84. The van der Waals surface area contributed by atoms with Crippen molar-refractivity contribution >= 4 is 21.9 Å². The molecule has 0 spiro atoms. The van der Waals surface area contributed by atoms with E-state index in [2.05, 4.69) is 15.9 Å². The average molecular weight is 413 g/mol. The van der Waals surface area contributed by atoms with Crippen LogP contribution in [-0.2, 0) is 11.4 Å². The Morgan fingerprint density at radius 2 is 1.31 bits per heavy atom. The number of esters is 1. The van der Waals surface area contributed by atoms with E-state index in [1.807, 2.05) is 42.5 Å². The van der Waals surface area contributed by atoms with Gasteiger partial charge in [0.25, 0.3) is 0 Å². The fourth-order valence-electron chi connectivity index (χ4n) is 2.18. The number of ether oxygens (including phenoxy) is 3. The van der Waals surface area contributed by atoms with Crippen molar-refractivity contribution in [2.45, 2.75) is 6.61 Å². The molecular formula is C21H17BrO4. The molecule has 3 rings (SSSR count). The second-order valence-corrected chi connectivity index (χ2v) is 6.38. The summed E-state index contributed by atoms with van der Waals surface area (Å²) in [6, 6.07) is 24.1. The Morgan fingerprint density at radius 1 is 0.731 bits per heavy atom. The van der Waals surface area contributed by atoms with E-state index < -0.39 is 5.97 Å². The summed E-state index contributed by atoms with van der Waals surface area (Å²) in [5.41, 5.74) is 1.09. The molecule has 5 heteroatoms. The summed E-state index contributed by atoms with van der Waals surface area (Å²) in [5.74, 6) is 1.29. The maximum atomic E-state index is 11.9. The van der Waals surface area contributed by atoms with Crippen LogP contribution in [0.3, 0.4) is 0 Å². The van der Waals surface area contributed by atoms with Crippen LogP contribution in [0.1, 0.15) is 5.56 Å². The van der Waals surface area contributed by atoms with Crippen molar-refractivity contribution in [3.05, 3.63) is 88.9 Å². The van der Waals surface area contributed by atoms with Gasteiger partial charge in [-0.25, -0.2) is 4.79 Å². The second kappa shape index (κ2) is 9.06. The first kappa shape index (κ1) is 18.0. The summed E-state index contributed by atoms with van der Waals surface area (Å²) in [7, 11) is 0. The maximum Gasteiger partial charge on any atom is 0.349 e. The van der Waals surface area contributed by atoms with Crippen molar-refractivity contribution in [2.24, 2.45) is 0 Å². The minimum atomic E-state index is -0.467. The number of rotatable bonds is 7. The van der Waals surface area contributed by atoms with Gasteiger partial charge in [-0.2, -0.15) is 0 Å². The molecule has 26 heavy (non-hydrogen) atoms. The number of carbonyl (C=O) groups excluding carboxylic acids is 1. The van der Waals surface area contributed by atoms with Gasteiger partial charge in [0.1, 0.15) is 23.9 Å². The molecule has 0 amide bonds. The molecule has 0 fully saturated rings. The van der Waals surface area contributed by atoms with Crippen LogP contribution in [0.15, 0.2) is 83.3 Å². The third kappa shape index (κ3) is 5.63. The molecule has 0 saturated heterocycles. The predicted molar refractivity (Wildman–Crippen MR) is 102 cm³/mol. The lowest BCUT2D eigenvalue weighted by atomic mass is 10.2. The van der Waals surface area contributed by atoms with E-state index in [0.29, 0.717) is 23.9 Å². The zero-order valence-corrected chi connectivity index (χ0v) is 15.5. The summed E-state index contributed by atoms with van der Waals surface area (Å²) in [5, 5.41) is 0. The highest BCUT2D eigenvalue weighted by Crippen LogP contribution is 2.19. The van der Waals surface area contributed by atoms with Gasteiger partial charge in [0.2, 0.25) is 0 Å². The molecule has 4 nitrogen and oxygen atoms in total. The van der Waals surface area contributed by atoms with E-state index in [-0.39, 0.29) is 6.61 Å². The van der Waals surface area contributed by atoms with Crippen LogP contribution < -0.4 is 14.2 Å². The smallest absolute Gasteiger partial charge is 0.349 e. The van der Waals surface area contributed by atoms with E-state index in [1.165, 1.54) is 0 Å². The van der Waals surface area contributed by atoms with Crippen LogP contribution in [0.2, 0.25) is 0 Å². The standard InChI is InChI=1S/C21H17BrO4/c22-17-6-8-18(9-7-17)25-15-21(23)26-20-12-10-19(11-13-20)24-14-16-4-2-1-3-5-16/h1-13H,14-15H2. The molecular weight excluding hydrogens is 396 g/mol. The fraction of sp³-hybridized carbons (Fsp3) is 0.0952. The molecule has 0 saturated carbocycles. The lowest BCUT2D eigenvalue weighted by Crippen LogP contribution is -2.17. The molecule has 0 aliphatic carbocycles. The Morgan fingerprint density at radius 3 is 2.00 bits per heavy atom. The number of hydrogen-bond acceptors (Lipinski definition) is 4. The molecule has 3 aromatic rings. The van der Waals surface area contributed by atoms with Gasteiger partial charge >= 0.3 is 5.97 Å². The monoisotopic (exact) mass is 412 g/mol. The summed E-state index contributed by atoms with van der Waals surface area (Å²) < 4.78 is 17.3. The molecule has 0 aromatic heterocycles. The van der Waals surface area contributed by atoms with Gasteiger partial charge in [0.15, 0.2) is 6.61 Å². The van der Waals surface area contributed by atoms with E-state index in [1.54, 1.807) is 36.4 Å². The van der Waals surface area contributed by atoms with Crippen molar-refractivity contribution in [1.82, 2.24) is 0 Å². The summed E-state index contributed by atoms with van der Waals surface area (Å²) in [4.78, 5) is 11.9. The van der Waals surface area contributed by atoms with Crippen molar-refractivity contribution in [2.75, 3.05) is 6.61 Å². The van der Waals surface area contributed by atoms with Crippen LogP contribution in [0, 0.1) is 0 Å². The Labute approximate surface area is 160 Å². The van der Waals surface area contributed by atoms with Gasteiger partial charge in [0, 0.05) is 4.47 Å². The zero-order valence-electron chi connectivity index (χ0n) is 13.9. The Hall–Kier alpha value is -2.79. The quantitative estimate of drug-likeness (QED) is 0.404. The third-order valence-corrected chi connectivity index (χ3v) is 4.00. The van der Waals surface area contributed by atoms with Crippen LogP contribution in [0.5, 0.6) is 17.2 Å². The van der Waals surface area contributed by atoms with E-state index in [9.17, 15) is 4.79 Å². The highest BCUT2D eigenvalue weighted by molar-refractivity contribution is 9.10. The molecule has 0 heterocycles. The Balaban J connectivity index is 1.45. The van der Waals surface area contributed by atoms with Gasteiger partial charge in [0.05, 0.1) is 0 Å². The molecule has 0 radical (unpaired) electrons. The van der Waals surface area contributed by atoms with Crippen LogP contribution in [-0.4, -0.2) is 12.6 Å². The fourth-order valence-corrected chi connectivity index (χ4v) is 2.44. The molecule has 0 bridgehead atoms. The minimum absolute atomic E-state index is 0.159. The van der Waals surface area contributed by atoms with E-state index in [4.69, 9.17) is 14.2 Å². The number of benzene rings is 3. The van der Waals surface area contributed by atoms with Crippen molar-refractivity contribution in [3.8, 4) is 17.2 Å². The van der Waals surface area contributed by atoms with Gasteiger partial charge in [-0.05, 0) is 54.1 Å². The summed E-state index contributed by atoms with van der Waals surface area (Å²) >= 11 is 3.34. The Bertz CT molecular complexity index is 830. The predicted octanol–water partition coefficient (Wildman–Crippen LogP) is 5.01. The lowest BCUT2D eigenvalue weighted by molar-refractivity contribution is -0.136. The van der Waals surface area contributed by atoms with Gasteiger partial charge in [-0.3, -0.25) is 0 Å². The SMILES string of the molecule is O=C(COc1ccc(Br)cc1)Oc1ccc(OCc2ccccc2)cc1. The van der Waals surface area contributed by atoms with Crippen LogP contribution in [0.25, 0.3) is 0 Å². The van der Waals surface area contributed by atoms with Crippen LogP contribution in [0.4, 0.5) is 0 Å². The Kier molecular flexibility index (Phi) is 6.28. The van der Waals surface area contributed by atoms with Gasteiger partial charge in [-0.15, -0.1) is 0 Å². The number of halogens is 1. The lowest BCUT2D eigenvalue weighted by Gasteiger charge is -2.09. The van der Waals surface area contributed by atoms with Gasteiger partial charge < -0.3 is 14.2 Å². The minimum Gasteiger partial charge on any atom is -0.489 e. The largest absolute Gasteiger partial charge is 0.489 e. The maximum absolute atomic E-state index is 11.9. The molecule has 0 aliphatic rings. The first-order valence-electron chi connectivity index (χ1n) is 8.05. The number of carbonyl (C=O) groups is 1. The molecule has 0 N–H and O–H groups in total. The first-order chi connectivity index (χ1) is 12.7. The summed E-state index contributed by atoms with van der Waals surface area (Å²) in [6.07, 6.45) is 0. The second-order valence-electron chi connectivity index (χ2n) is 5.46. The average Bonchev–Trinajstić information content (AvgIpc) is 2.68. The van der Waals surface area contributed by atoms with Crippen molar-refractivity contribution < 1.29 is 19.0 Å². The van der Waals surface area contributed by atoms with E-state index >= 15 is 0 Å². The molecule has 132 valence electrons. The molecule has 0 atom stereocenters. The molecule has 3 aromatic carbocycles. The normalized spacial score (nSPS) is 10.2. The van der Waals surface area contributed by atoms with Crippen LogP contribution >= 0.6 is 15.9 Å².